The van der Waals surface area contributed by atoms with Gasteiger partial charge >= 0.3 is 11.9 Å². The fourth-order valence-electron chi connectivity index (χ4n) is 3.84. The molecule has 1 amide bonds. The number of nitrogens with zero attached hydrogens (tertiary/aromatic N) is 1. The molecule has 12 heteroatoms. The number of alkyl halides is 1. The molecule has 2 aromatic rings. The lowest BCUT2D eigenvalue weighted by Crippen LogP contribution is -2.32. The van der Waals surface area contributed by atoms with Crippen LogP contribution in [0.5, 0.6) is 17.2 Å². The third-order valence-corrected chi connectivity index (χ3v) is 6.36. The molecule has 0 aromatic heterocycles. The number of nitrogens with one attached hydrogen (secondary N) is 1. The molecule has 10 nitrogen and oxygen atoms in total. The third-order valence-electron chi connectivity index (χ3n) is 5.69. The highest BCUT2D eigenvalue weighted by atomic mass is 127. The summed E-state index contributed by atoms with van der Waals surface area (Å²) in [7, 11) is 3.32. The standard InChI is InChI=1S/C24H30FIN2O4.C2H2O4/c1-30-22-13-17-7-11-28(16-18(17)14-23(22)31-2)10-4-3-9-27-24(29)20-15-19(26)5-6-21(20)32-12-8-25;3-1(4)2(5)6/h5-6,13-15H,3-4,7-12,16H2,1-2H3,(H,27,29);(H,3,4)(H,5,6). The summed E-state index contributed by atoms with van der Waals surface area (Å²) < 4.78 is 29.6. The predicted molar refractivity (Wildman–Crippen MR) is 146 cm³/mol. The van der Waals surface area contributed by atoms with E-state index >= 15 is 0 Å². The number of carboxylic acid groups (broad SMARTS) is 2. The minimum absolute atomic E-state index is 0.0571. The van der Waals surface area contributed by atoms with Gasteiger partial charge in [0.05, 0.1) is 19.8 Å². The topological polar surface area (TPSA) is 135 Å². The summed E-state index contributed by atoms with van der Waals surface area (Å²) in [6, 6.07) is 9.47. The van der Waals surface area contributed by atoms with Gasteiger partial charge in [-0.05, 0) is 89.9 Å². The van der Waals surface area contributed by atoms with E-state index in [1.54, 1.807) is 26.4 Å². The second kappa shape index (κ2) is 16.0. The van der Waals surface area contributed by atoms with E-state index in [9.17, 15) is 9.18 Å². The Kier molecular flexibility index (Phi) is 13.1. The van der Waals surface area contributed by atoms with Gasteiger partial charge in [0.1, 0.15) is 19.0 Å². The lowest BCUT2D eigenvalue weighted by molar-refractivity contribution is -0.159. The summed E-state index contributed by atoms with van der Waals surface area (Å²) in [6.07, 6.45) is 2.85. The molecule has 0 spiro atoms. The van der Waals surface area contributed by atoms with Crippen LogP contribution in [0.3, 0.4) is 0 Å². The highest BCUT2D eigenvalue weighted by molar-refractivity contribution is 14.1. The number of halogens is 2. The number of carbonyl (C=O) groups excluding carboxylic acids is 1. The largest absolute Gasteiger partial charge is 0.493 e. The fourth-order valence-corrected chi connectivity index (χ4v) is 4.34. The quantitative estimate of drug-likeness (QED) is 0.191. The van der Waals surface area contributed by atoms with Crippen LogP contribution < -0.4 is 19.5 Å². The van der Waals surface area contributed by atoms with Gasteiger partial charge in [-0.1, -0.05) is 0 Å². The van der Waals surface area contributed by atoms with Gasteiger partial charge in [0, 0.05) is 23.2 Å². The first-order valence-corrected chi connectivity index (χ1v) is 13.0. The summed E-state index contributed by atoms with van der Waals surface area (Å²) in [5.74, 6) is -1.88. The average molecular weight is 646 g/mol. The molecule has 2 aromatic carbocycles. The van der Waals surface area contributed by atoms with Crippen molar-refractivity contribution in [1.82, 2.24) is 10.2 Å². The van der Waals surface area contributed by atoms with Crippen molar-refractivity contribution in [3.05, 3.63) is 50.6 Å². The Morgan fingerprint density at radius 1 is 1.00 bits per heavy atom. The number of benzene rings is 2. The zero-order valence-corrected chi connectivity index (χ0v) is 23.5. The fraction of sp³-hybridized carbons (Fsp3) is 0.423. The van der Waals surface area contributed by atoms with Crippen LogP contribution in [-0.2, 0) is 22.6 Å². The maximum absolute atomic E-state index is 12.6. The van der Waals surface area contributed by atoms with Gasteiger partial charge < -0.3 is 29.7 Å². The van der Waals surface area contributed by atoms with Crippen molar-refractivity contribution >= 4 is 40.4 Å². The minimum Gasteiger partial charge on any atom is -0.493 e. The summed E-state index contributed by atoms with van der Waals surface area (Å²) in [5, 5.41) is 17.7. The van der Waals surface area contributed by atoms with Crippen LogP contribution >= 0.6 is 22.6 Å². The van der Waals surface area contributed by atoms with Gasteiger partial charge in [-0.15, -0.1) is 0 Å². The molecular formula is C26H32FIN2O8. The molecule has 38 heavy (non-hydrogen) atoms. The lowest BCUT2D eigenvalue weighted by atomic mass is 9.98. The minimum atomic E-state index is -1.82. The zero-order valence-electron chi connectivity index (χ0n) is 21.3. The van der Waals surface area contributed by atoms with Crippen molar-refractivity contribution in [3.8, 4) is 17.2 Å². The molecule has 208 valence electrons. The van der Waals surface area contributed by atoms with E-state index in [-0.39, 0.29) is 12.5 Å². The van der Waals surface area contributed by atoms with Gasteiger partial charge in [0.2, 0.25) is 0 Å². The van der Waals surface area contributed by atoms with Gasteiger partial charge in [-0.25, -0.2) is 14.0 Å². The van der Waals surface area contributed by atoms with Gasteiger partial charge in [0.25, 0.3) is 5.91 Å². The number of aliphatic carboxylic acids is 2. The lowest BCUT2D eigenvalue weighted by Gasteiger charge is -2.29. The Morgan fingerprint density at radius 3 is 2.26 bits per heavy atom. The molecule has 0 atom stereocenters. The number of unbranched alkanes of at least 4 members (excludes halogenated alkanes) is 1. The zero-order chi connectivity index (χ0) is 28.1. The van der Waals surface area contributed by atoms with Gasteiger partial charge in [-0.2, -0.15) is 0 Å². The van der Waals surface area contributed by atoms with Crippen molar-refractivity contribution in [1.29, 1.82) is 0 Å². The van der Waals surface area contributed by atoms with E-state index in [1.807, 2.05) is 6.07 Å². The van der Waals surface area contributed by atoms with Crippen LogP contribution in [0.1, 0.15) is 34.3 Å². The summed E-state index contributed by atoms with van der Waals surface area (Å²) in [5.41, 5.74) is 3.04. The van der Waals surface area contributed by atoms with Crippen molar-refractivity contribution in [2.24, 2.45) is 0 Å². The number of carbonyl (C=O) groups is 3. The van der Waals surface area contributed by atoms with E-state index in [4.69, 9.17) is 34.0 Å². The number of methoxy groups -OCH3 is 2. The molecule has 3 rings (SSSR count). The summed E-state index contributed by atoms with van der Waals surface area (Å²) in [4.78, 5) is 33.2. The molecule has 0 fully saturated rings. The van der Waals surface area contributed by atoms with E-state index in [0.717, 1.165) is 54.0 Å². The Morgan fingerprint density at radius 2 is 1.66 bits per heavy atom. The van der Waals surface area contributed by atoms with Crippen molar-refractivity contribution in [2.75, 3.05) is 47.1 Å². The maximum Gasteiger partial charge on any atom is 0.414 e. The Balaban J connectivity index is 0.000000757. The maximum atomic E-state index is 12.6. The second-order valence-corrected chi connectivity index (χ2v) is 9.50. The Bertz CT molecular complexity index is 1100. The molecule has 0 radical (unpaired) electrons. The Labute approximate surface area is 234 Å². The highest BCUT2D eigenvalue weighted by Crippen LogP contribution is 2.33. The molecule has 1 heterocycles. The molecule has 3 N–H and O–H groups in total. The number of ether oxygens (including phenoxy) is 3. The number of fused-ring (bicyclic) bond motifs is 1. The summed E-state index contributed by atoms with van der Waals surface area (Å²) in [6.45, 7) is 2.80. The van der Waals surface area contributed by atoms with Crippen LogP contribution in [0.2, 0.25) is 0 Å². The third kappa shape index (κ3) is 9.63. The molecule has 1 aliphatic rings. The van der Waals surface area contributed by atoms with Crippen LogP contribution in [-0.4, -0.2) is 80.1 Å². The number of rotatable bonds is 11. The first-order chi connectivity index (χ1) is 18.2. The summed E-state index contributed by atoms with van der Waals surface area (Å²) >= 11 is 2.15. The molecule has 1 aliphatic heterocycles. The molecule has 0 saturated heterocycles. The van der Waals surface area contributed by atoms with E-state index in [0.29, 0.717) is 17.9 Å². The van der Waals surface area contributed by atoms with Crippen LogP contribution in [0.4, 0.5) is 4.39 Å². The first-order valence-electron chi connectivity index (χ1n) is 11.9. The van der Waals surface area contributed by atoms with Crippen LogP contribution in [0.15, 0.2) is 30.3 Å². The molecule has 0 saturated carbocycles. The molecule has 0 unspecified atom stereocenters. The van der Waals surface area contributed by atoms with Crippen molar-refractivity contribution in [2.45, 2.75) is 25.8 Å². The predicted octanol–water partition coefficient (Wildman–Crippen LogP) is 3.38. The SMILES string of the molecule is COc1cc2c(cc1OC)CN(CCCCNC(=O)c1cc(I)ccc1OCCF)CC2.O=C(O)C(=O)O. The molecule has 0 bridgehead atoms. The van der Waals surface area contributed by atoms with Crippen LogP contribution in [0, 0.1) is 3.57 Å². The van der Waals surface area contributed by atoms with E-state index in [1.165, 1.54) is 11.1 Å². The Hall–Kier alpha value is -3.13. The van der Waals surface area contributed by atoms with Crippen molar-refractivity contribution in [3.63, 3.8) is 0 Å². The number of hydrogen-bond acceptors (Lipinski definition) is 7. The van der Waals surface area contributed by atoms with Gasteiger partial charge in [0.15, 0.2) is 11.5 Å². The van der Waals surface area contributed by atoms with Gasteiger partial charge in [-0.3, -0.25) is 9.69 Å². The highest BCUT2D eigenvalue weighted by Gasteiger charge is 2.19. The van der Waals surface area contributed by atoms with Crippen molar-refractivity contribution < 1.29 is 43.2 Å². The molecular weight excluding hydrogens is 614 g/mol. The smallest absolute Gasteiger partial charge is 0.414 e. The first kappa shape index (κ1) is 31.1. The average Bonchev–Trinajstić information content (AvgIpc) is 2.91. The van der Waals surface area contributed by atoms with E-state index < -0.39 is 18.6 Å². The molecule has 0 aliphatic carbocycles. The monoisotopic (exact) mass is 646 g/mol. The van der Waals surface area contributed by atoms with Crippen LogP contribution in [0.25, 0.3) is 0 Å². The number of hydrogen-bond donors (Lipinski definition) is 3. The second-order valence-electron chi connectivity index (χ2n) is 8.25. The normalized spacial score (nSPS) is 12.4. The number of carboxylic acids is 2. The van der Waals surface area contributed by atoms with E-state index in [2.05, 4.69) is 44.9 Å². The number of amides is 1.